The molecule has 5 nitrogen and oxygen atoms in total. The molecule has 2 aromatic carbocycles. The summed E-state index contributed by atoms with van der Waals surface area (Å²) in [6, 6.07) is 18.0. The van der Waals surface area contributed by atoms with Crippen LogP contribution in [0.1, 0.15) is 35.6 Å². The minimum absolute atomic E-state index is 0.0678. The normalized spacial score (nSPS) is 15.9. The largest absolute Gasteiger partial charge is 0.331 e. The lowest BCUT2D eigenvalue weighted by Crippen LogP contribution is -2.34. The standard InChI is InChI=1S/C21H22N4O/c26-21(24-20-12-5-9-16-7-1-3-10-18(16)20)23-19-11-4-2-8-17(19)15-25-14-6-13-22-25/h1-4,6-8,10-11,13-14,20H,5,9,12,15H2,(H2,23,24,26)/t20-/m1/s1. The van der Waals surface area contributed by atoms with Crippen LogP contribution in [0.2, 0.25) is 0 Å². The number of hydrogen-bond donors (Lipinski definition) is 2. The van der Waals surface area contributed by atoms with Crippen molar-refractivity contribution in [1.29, 1.82) is 0 Å². The number of nitrogens with one attached hydrogen (secondary N) is 2. The predicted molar refractivity (Wildman–Crippen MR) is 102 cm³/mol. The fourth-order valence-corrected chi connectivity index (χ4v) is 3.57. The van der Waals surface area contributed by atoms with E-state index in [0.29, 0.717) is 6.54 Å². The first-order valence-electron chi connectivity index (χ1n) is 9.00. The molecule has 4 rings (SSSR count). The van der Waals surface area contributed by atoms with Gasteiger partial charge in [0.1, 0.15) is 0 Å². The molecule has 2 amide bonds. The topological polar surface area (TPSA) is 59.0 Å². The first kappa shape index (κ1) is 16.4. The zero-order valence-electron chi connectivity index (χ0n) is 14.6. The van der Waals surface area contributed by atoms with E-state index in [1.54, 1.807) is 6.20 Å². The van der Waals surface area contributed by atoms with E-state index in [1.807, 2.05) is 47.3 Å². The van der Waals surface area contributed by atoms with Gasteiger partial charge in [0.25, 0.3) is 0 Å². The third kappa shape index (κ3) is 3.61. The van der Waals surface area contributed by atoms with Crippen LogP contribution >= 0.6 is 0 Å². The number of amides is 2. The molecule has 1 aromatic heterocycles. The minimum atomic E-state index is -0.167. The second-order valence-corrected chi connectivity index (χ2v) is 6.60. The number of benzene rings is 2. The number of fused-ring (bicyclic) bond motifs is 1. The Labute approximate surface area is 153 Å². The number of rotatable bonds is 4. The maximum atomic E-state index is 12.6. The molecule has 0 saturated carbocycles. The van der Waals surface area contributed by atoms with Crippen molar-refractivity contribution in [3.8, 4) is 0 Å². The van der Waals surface area contributed by atoms with Gasteiger partial charge in [-0.15, -0.1) is 0 Å². The molecule has 1 atom stereocenters. The molecule has 1 heterocycles. The van der Waals surface area contributed by atoms with Gasteiger partial charge in [0, 0.05) is 18.1 Å². The summed E-state index contributed by atoms with van der Waals surface area (Å²) < 4.78 is 1.84. The molecule has 132 valence electrons. The first-order valence-corrected chi connectivity index (χ1v) is 9.00. The molecular formula is C21H22N4O. The summed E-state index contributed by atoms with van der Waals surface area (Å²) in [6.07, 6.45) is 6.82. The highest BCUT2D eigenvalue weighted by molar-refractivity contribution is 5.90. The maximum Gasteiger partial charge on any atom is 0.319 e. The van der Waals surface area contributed by atoms with Crippen molar-refractivity contribution >= 4 is 11.7 Å². The summed E-state index contributed by atoms with van der Waals surface area (Å²) in [4.78, 5) is 12.6. The Morgan fingerprint density at radius 3 is 2.85 bits per heavy atom. The molecular weight excluding hydrogens is 324 g/mol. The van der Waals surface area contributed by atoms with Crippen LogP contribution in [-0.4, -0.2) is 15.8 Å². The summed E-state index contributed by atoms with van der Waals surface area (Å²) in [5, 5.41) is 10.4. The third-order valence-electron chi connectivity index (χ3n) is 4.83. The second-order valence-electron chi connectivity index (χ2n) is 6.60. The van der Waals surface area contributed by atoms with Crippen LogP contribution in [0.15, 0.2) is 67.0 Å². The quantitative estimate of drug-likeness (QED) is 0.746. The number of nitrogens with zero attached hydrogens (tertiary/aromatic N) is 2. The highest BCUT2D eigenvalue weighted by Gasteiger charge is 2.21. The molecule has 0 fully saturated rings. The van der Waals surface area contributed by atoms with Crippen LogP contribution in [0.4, 0.5) is 10.5 Å². The number of aryl methyl sites for hydroxylation is 1. The number of hydrogen-bond acceptors (Lipinski definition) is 2. The predicted octanol–water partition coefficient (Wildman–Crippen LogP) is 4.13. The van der Waals surface area contributed by atoms with E-state index in [0.717, 1.165) is 30.5 Å². The summed E-state index contributed by atoms with van der Waals surface area (Å²) >= 11 is 0. The van der Waals surface area contributed by atoms with E-state index in [9.17, 15) is 4.79 Å². The van der Waals surface area contributed by atoms with Gasteiger partial charge < -0.3 is 10.6 Å². The van der Waals surface area contributed by atoms with Crippen molar-refractivity contribution in [2.75, 3.05) is 5.32 Å². The van der Waals surface area contributed by atoms with Gasteiger partial charge in [-0.2, -0.15) is 5.10 Å². The average Bonchev–Trinajstić information content (AvgIpc) is 3.17. The van der Waals surface area contributed by atoms with Crippen LogP contribution in [0.25, 0.3) is 0 Å². The van der Waals surface area contributed by atoms with E-state index >= 15 is 0 Å². The number of carbonyl (C=O) groups is 1. The number of carbonyl (C=O) groups excluding carboxylic acids is 1. The average molecular weight is 346 g/mol. The van der Waals surface area contributed by atoms with Gasteiger partial charge in [-0.1, -0.05) is 42.5 Å². The fourth-order valence-electron chi connectivity index (χ4n) is 3.57. The number of urea groups is 1. The number of anilines is 1. The Morgan fingerprint density at radius 1 is 1.12 bits per heavy atom. The molecule has 1 aliphatic rings. The van der Waals surface area contributed by atoms with E-state index in [1.165, 1.54) is 11.1 Å². The van der Waals surface area contributed by atoms with Gasteiger partial charge in [-0.05, 0) is 48.1 Å². The molecule has 1 aliphatic carbocycles. The smallest absolute Gasteiger partial charge is 0.319 e. The minimum Gasteiger partial charge on any atom is -0.331 e. The van der Waals surface area contributed by atoms with E-state index in [4.69, 9.17) is 0 Å². The van der Waals surface area contributed by atoms with Crippen LogP contribution in [0, 0.1) is 0 Å². The van der Waals surface area contributed by atoms with Crippen molar-refractivity contribution in [1.82, 2.24) is 15.1 Å². The van der Waals surface area contributed by atoms with E-state index in [-0.39, 0.29) is 12.1 Å². The zero-order valence-corrected chi connectivity index (χ0v) is 14.6. The Balaban J connectivity index is 1.46. The molecule has 0 bridgehead atoms. The van der Waals surface area contributed by atoms with Crippen LogP contribution in [0.5, 0.6) is 0 Å². The lowest BCUT2D eigenvalue weighted by Gasteiger charge is -2.26. The van der Waals surface area contributed by atoms with Gasteiger partial charge in [-0.25, -0.2) is 4.79 Å². The van der Waals surface area contributed by atoms with Gasteiger partial charge >= 0.3 is 6.03 Å². The molecule has 5 heteroatoms. The van der Waals surface area contributed by atoms with E-state index < -0.39 is 0 Å². The second kappa shape index (κ2) is 7.44. The lowest BCUT2D eigenvalue weighted by atomic mass is 9.88. The molecule has 3 aromatic rings. The first-order chi connectivity index (χ1) is 12.8. The lowest BCUT2D eigenvalue weighted by molar-refractivity contribution is 0.247. The van der Waals surface area contributed by atoms with Crippen LogP contribution in [-0.2, 0) is 13.0 Å². The summed E-state index contributed by atoms with van der Waals surface area (Å²) in [5.41, 5.74) is 4.40. The van der Waals surface area contributed by atoms with Gasteiger partial charge in [0.15, 0.2) is 0 Å². The van der Waals surface area contributed by atoms with Crippen molar-refractivity contribution in [3.05, 3.63) is 83.7 Å². The van der Waals surface area contributed by atoms with Gasteiger partial charge in [-0.3, -0.25) is 4.68 Å². The molecule has 0 aliphatic heterocycles. The van der Waals surface area contributed by atoms with E-state index in [2.05, 4.69) is 33.9 Å². The Bertz CT molecular complexity index is 889. The zero-order chi connectivity index (χ0) is 17.8. The molecule has 26 heavy (non-hydrogen) atoms. The van der Waals surface area contributed by atoms with Crippen molar-refractivity contribution < 1.29 is 4.79 Å². The number of aromatic nitrogens is 2. The molecule has 0 radical (unpaired) electrons. The summed E-state index contributed by atoms with van der Waals surface area (Å²) in [5.74, 6) is 0. The maximum absolute atomic E-state index is 12.6. The van der Waals surface area contributed by atoms with Gasteiger partial charge in [0.2, 0.25) is 0 Å². The fraction of sp³-hybridized carbons (Fsp3) is 0.238. The molecule has 0 unspecified atom stereocenters. The molecule has 0 spiro atoms. The Hall–Kier alpha value is -3.08. The third-order valence-corrected chi connectivity index (χ3v) is 4.83. The van der Waals surface area contributed by atoms with Gasteiger partial charge in [0.05, 0.1) is 12.6 Å². The monoisotopic (exact) mass is 346 g/mol. The molecule has 2 N–H and O–H groups in total. The Morgan fingerprint density at radius 2 is 1.96 bits per heavy atom. The van der Waals surface area contributed by atoms with Crippen molar-refractivity contribution in [3.63, 3.8) is 0 Å². The highest BCUT2D eigenvalue weighted by Crippen LogP contribution is 2.29. The highest BCUT2D eigenvalue weighted by atomic mass is 16.2. The molecule has 0 saturated heterocycles. The Kier molecular flexibility index (Phi) is 4.69. The summed E-state index contributed by atoms with van der Waals surface area (Å²) in [6.45, 7) is 0.621. The SMILES string of the molecule is O=C(Nc1ccccc1Cn1cccn1)N[C@@H]1CCCc2ccccc21. The summed E-state index contributed by atoms with van der Waals surface area (Å²) in [7, 11) is 0. The van der Waals surface area contributed by atoms with Crippen LogP contribution < -0.4 is 10.6 Å². The van der Waals surface area contributed by atoms with Crippen molar-refractivity contribution in [2.24, 2.45) is 0 Å². The number of para-hydroxylation sites is 1. The van der Waals surface area contributed by atoms with Crippen molar-refractivity contribution in [2.45, 2.75) is 31.8 Å². The van der Waals surface area contributed by atoms with Crippen LogP contribution in [0.3, 0.4) is 0 Å².